The summed E-state index contributed by atoms with van der Waals surface area (Å²) in [4.78, 5) is 23.3. The van der Waals surface area contributed by atoms with Crippen LogP contribution in [0.5, 0.6) is 0 Å². The van der Waals surface area contributed by atoms with E-state index in [9.17, 15) is 9.59 Å². The average molecular weight is 414 g/mol. The number of nitrogens with one attached hydrogen (secondary N) is 1. The molecular weight excluding hydrogens is 392 g/mol. The lowest BCUT2D eigenvalue weighted by Gasteiger charge is -2.14. The minimum atomic E-state index is -1.02. The highest BCUT2D eigenvalue weighted by Gasteiger charge is 2.28. The number of nitrogen functional groups attached to an aromatic ring is 1. The molecule has 3 aromatic carbocycles. The molecule has 0 radical (unpaired) electrons. The maximum Gasteiger partial charge on any atom is 0.407 e. The number of anilines is 1. The fourth-order valence-corrected chi connectivity index (χ4v) is 3.83. The highest BCUT2D eigenvalue weighted by atomic mass is 16.5. The van der Waals surface area contributed by atoms with Gasteiger partial charge in [-0.3, -0.25) is 0 Å². The van der Waals surface area contributed by atoms with Crippen LogP contribution in [0.3, 0.4) is 0 Å². The normalized spacial score (nSPS) is 12.4. The summed E-state index contributed by atoms with van der Waals surface area (Å²) in [6.45, 7) is 0.477. The molecule has 0 fully saturated rings. The summed E-state index contributed by atoms with van der Waals surface area (Å²) in [6.07, 6.45) is 2.85. The molecule has 0 saturated heterocycles. The van der Waals surface area contributed by atoms with Crippen LogP contribution >= 0.6 is 0 Å². The van der Waals surface area contributed by atoms with Crippen molar-refractivity contribution >= 4 is 23.8 Å². The van der Waals surface area contributed by atoms with E-state index in [0.29, 0.717) is 11.3 Å². The molecule has 1 aliphatic rings. The number of amides is 1. The summed E-state index contributed by atoms with van der Waals surface area (Å²) >= 11 is 0. The third kappa shape index (κ3) is 4.28. The second-order valence-electron chi connectivity index (χ2n) is 7.26. The number of nitrogens with two attached hydrogens (primary N) is 1. The van der Waals surface area contributed by atoms with E-state index in [4.69, 9.17) is 15.6 Å². The molecule has 0 aliphatic heterocycles. The van der Waals surface area contributed by atoms with Gasteiger partial charge < -0.3 is 20.9 Å². The van der Waals surface area contributed by atoms with Crippen LogP contribution in [0.25, 0.3) is 17.2 Å². The molecule has 1 aliphatic carbocycles. The zero-order valence-electron chi connectivity index (χ0n) is 16.7. The van der Waals surface area contributed by atoms with E-state index in [1.807, 2.05) is 24.3 Å². The number of rotatable bonds is 6. The lowest BCUT2D eigenvalue weighted by molar-refractivity contribution is 0.0696. The third-order valence-corrected chi connectivity index (χ3v) is 5.34. The second kappa shape index (κ2) is 8.75. The number of ether oxygens (including phenoxy) is 1. The van der Waals surface area contributed by atoms with Gasteiger partial charge >= 0.3 is 12.1 Å². The van der Waals surface area contributed by atoms with Crippen LogP contribution in [0, 0.1) is 0 Å². The van der Waals surface area contributed by atoms with Gasteiger partial charge in [-0.15, -0.1) is 0 Å². The molecule has 3 aromatic rings. The molecule has 0 saturated carbocycles. The number of carboxylic acid groups (broad SMARTS) is 1. The molecule has 4 rings (SSSR count). The highest BCUT2D eigenvalue weighted by Crippen LogP contribution is 2.44. The summed E-state index contributed by atoms with van der Waals surface area (Å²) in [7, 11) is 0. The number of carbonyl (C=O) groups excluding carboxylic acids is 1. The summed E-state index contributed by atoms with van der Waals surface area (Å²) in [5.41, 5.74) is 11.7. The van der Waals surface area contributed by atoms with Gasteiger partial charge in [0.25, 0.3) is 0 Å². The van der Waals surface area contributed by atoms with Gasteiger partial charge in [-0.1, -0.05) is 60.7 Å². The molecule has 156 valence electrons. The van der Waals surface area contributed by atoms with Crippen LogP contribution in [0.4, 0.5) is 10.5 Å². The van der Waals surface area contributed by atoms with Gasteiger partial charge in [-0.05, 0) is 46.0 Å². The molecule has 4 N–H and O–H groups in total. The van der Waals surface area contributed by atoms with E-state index in [2.05, 4.69) is 29.6 Å². The standard InChI is InChI=1S/C25H22N2O4/c26-23-12-11-17(24(28)29)14-16(23)6-5-13-27-25(30)31-15-22-20-9-3-1-7-18(20)19-8-2-4-10-21(19)22/h1-12,14,22H,13,15,26H2,(H,27,30)(H,28,29). The van der Waals surface area contributed by atoms with E-state index in [1.54, 1.807) is 18.2 Å². The third-order valence-electron chi connectivity index (χ3n) is 5.34. The van der Waals surface area contributed by atoms with Crippen LogP contribution in [0.1, 0.15) is 33.0 Å². The molecule has 0 aromatic heterocycles. The lowest BCUT2D eigenvalue weighted by atomic mass is 9.98. The van der Waals surface area contributed by atoms with E-state index in [-0.39, 0.29) is 24.6 Å². The predicted molar refractivity (Wildman–Crippen MR) is 120 cm³/mol. The number of carboxylic acids is 1. The Labute approximate surface area is 180 Å². The molecule has 6 nitrogen and oxygen atoms in total. The Bertz CT molecular complexity index is 1120. The molecule has 0 atom stereocenters. The largest absolute Gasteiger partial charge is 0.478 e. The second-order valence-corrected chi connectivity index (χ2v) is 7.26. The van der Waals surface area contributed by atoms with Gasteiger partial charge in [0.1, 0.15) is 6.61 Å². The summed E-state index contributed by atoms with van der Waals surface area (Å²) in [5.74, 6) is -1.02. The number of aromatic carboxylic acids is 1. The fourth-order valence-electron chi connectivity index (χ4n) is 3.83. The first-order chi connectivity index (χ1) is 15.0. The van der Waals surface area contributed by atoms with Gasteiger partial charge in [0.05, 0.1) is 5.56 Å². The van der Waals surface area contributed by atoms with Crippen LogP contribution < -0.4 is 11.1 Å². The number of fused-ring (bicyclic) bond motifs is 3. The Morgan fingerprint density at radius 2 is 1.65 bits per heavy atom. The minimum Gasteiger partial charge on any atom is -0.478 e. The van der Waals surface area contributed by atoms with E-state index in [1.165, 1.54) is 23.3 Å². The van der Waals surface area contributed by atoms with Gasteiger partial charge in [-0.25, -0.2) is 9.59 Å². The lowest BCUT2D eigenvalue weighted by Crippen LogP contribution is -2.26. The first-order valence-electron chi connectivity index (χ1n) is 9.93. The number of alkyl carbamates (subject to hydrolysis) is 1. The van der Waals surface area contributed by atoms with Crippen molar-refractivity contribution in [1.82, 2.24) is 5.32 Å². The van der Waals surface area contributed by atoms with Gasteiger partial charge in [0, 0.05) is 18.2 Å². The topological polar surface area (TPSA) is 102 Å². The van der Waals surface area contributed by atoms with Crippen molar-refractivity contribution in [2.24, 2.45) is 0 Å². The predicted octanol–water partition coefficient (Wildman–Crippen LogP) is 4.52. The molecule has 0 bridgehead atoms. The molecule has 31 heavy (non-hydrogen) atoms. The zero-order chi connectivity index (χ0) is 21.8. The highest BCUT2D eigenvalue weighted by molar-refractivity contribution is 5.89. The number of hydrogen-bond donors (Lipinski definition) is 3. The van der Waals surface area contributed by atoms with Crippen LogP contribution in [-0.2, 0) is 4.74 Å². The number of carbonyl (C=O) groups is 2. The smallest absolute Gasteiger partial charge is 0.407 e. The Hall–Kier alpha value is -4.06. The van der Waals surface area contributed by atoms with Crippen LogP contribution in [0.2, 0.25) is 0 Å². The fraction of sp³-hybridized carbons (Fsp3) is 0.120. The average Bonchev–Trinajstić information content (AvgIpc) is 3.10. The maximum atomic E-state index is 12.2. The van der Waals surface area contributed by atoms with Crippen molar-refractivity contribution < 1.29 is 19.4 Å². The van der Waals surface area contributed by atoms with E-state index >= 15 is 0 Å². The first kappa shape index (κ1) is 20.2. The SMILES string of the molecule is Nc1ccc(C(=O)O)cc1C=CCNC(=O)OCC1c2ccccc2-c2ccccc21. The van der Waals surface area contributed by atoms with Crippen molar-refractivity contribution in [2.45, 2.75) is 5.92 Å². The summed E-state index contributed by atoms with van der Waals surface area (Å²) in [6, 6.07) is 20.8. The maximum absolute atomic E-state index is 12.2. The first-order valence-corrected chi connectivity index (χ1v) is 9.93. The number of hydrogen-bond acceptors (Lipinski definition) is 4. The molecular formula is C25H22N2O4. The minimum absolute atomic E-state index is 0.00671. The van der Waals surface area contributed by atoms with Crippen molar-refractivity contribution in [2.75, 3.05) is 18.9 Å². The van der Waals surface area contributed by atoms with Crippen molar-refractivity contribution in [1.29, 1.82) is 0 Å². The Morgan fingerprint density at radius 1 is 1.00 bits per heavy atom. The zero-order valence-corrected chi connectivity index (χ0v) is 16.7. The Morgan fingerprint density at radius 3 is 2.29 bits per heavy atom. The molecule has 0 heterocycles. The quantitative estimate of drug-likeness (QED) is 0.515. The Balaban J connectivity index is 1.34. The Kier molecular flexibility index (Phi) is 5.71. The summed E-state index contributed by atoms with van der Waals surface area (Å²) < 4.78 is 5.48. The van der Waals surface area contributed by atoms with E-state index < -0.39 is 12.1 Å². The van der Waals surface area contributed by atoms with Crippen molar-refractivity contribution in [3.8, 4) is 11.1 Å². The monoisotopic (exact) mass is 414 g/mol. The van der Waals surface area contributed by atoms with Gasteiger partial charge in [0.2, 0.25) is 0 Å². The summed E-state index contributed by atoms with van der Waals surface area (Å²) in [5, 5.41) is 11.8. The number of benzene rings is 3. The molecule has 0 spiro atoms. The molecule has 0 unspecified atom stereocenters. The molecule has 6 heteroatoms. The van der Waals surface area contributed by atoms with Gasteiger partial charge in [-0.2, -0.15) is 0 Å². The molecule has 1 amide bonds. The van der Waals surface area contributed by atoms with Crippen LogP contribution in [0.15, 0.2) is 72.8 Å². The van der Waals surface area contributed by atoms with Gasteiger partial charge in [0.15, 0.2) is 0 Å². The van der Waals surface area contributed by atoms with Crippen molar-refractivity contribution in [3.05, 3.63) is 95.1 Å². The van der Waals surface area contributed by atoms with Crippen LogP contribution in [-0.4, -0.2) is 30.3 Å². The van der Waals surface area contributed by atoms with E-state index in [0.717, 1.165) is 11.1 Å². The van der Waals surface area contributed by atoms with Crippen molar-refractivity contribution in [3.63, 3.8) is 0 Å².